The van der Waals surface area contributed by atoms with E-state index in [1.165, 1.54) is 6.20 Å². The number of hydrogen-bond donors (Lipinski definition) is 1. The highest BCUT2D eigenvalue weighted by Gasteiger charge is 2.16. The molecule has 0 fully saturated rings. The van der Waals surface area contributed by atoms with Gasteiger partial charge in [0.25, 0.3) is 0 Å². The number of rotatable bonds is 2. The Morgan fingerprint density at radius 3 is 2.81 bits per heavy atom. The largest absolute Gasteiger partial charge is 0.459 e. The van der Waals surface area contributed by atoms with Crippen LogP contribution in [-0.2, 0) is 14.3 Å². The molecule has 1 N–H and O–H groups in total. The molecule has 0 unspecified atom stereocenters. The van der Waals surface area contributed by atoms with Crippen molar-refractivity contribution in [3.05, 3.63) is 23.4 Å². The lowest BCUT2D eigenvalue weighted by Gasteiger charge is -2.04. The van der Waals surface area contributed by atoms with Crippen LogP contribution in [0, 0.1) is 0 Å². The van der Waals surface area contributed by atoms with Crippen LogP contribution in [0.1, 0.15) is 6.92 Å². The normalized spacial score (nSPS) is 8.88. The summed E-state index contributed by atoms with van der Waals surface area (Å²) in [5.41, 5.74) is 0. The van der Waals surface area contributed by atoms with E-state index in [0.717, 1.165) is 0 Å². The third kappa shape index (κ3) is 4.04. The minimum atomic E-state index is -0.959. The van der Waals surface area contributed by atoms with Crippen LogP contribution < -0.4 is 5.32 Å². The van der Waals surface area contributed by atoms with Crippen molar-refractivity contribution in [2.24, 2.45) is 0 Å². The van der Waals surface area contributed by atoms with Crippen LogP contribution in [0.2, 0.25) is 5.02 Å². The zero-order valence-electron chi connectivity index (χ0n) is 8.40. The molecule has 0 atom stereocenters. The minimum absolute atomic E-state index is 0. The van der Waals surface area contributed by atoms with E-state index in [1.807, 2.05) is 0 Å². The monoisotopic (exact) mass is 264 g/mol. The first-order valence-electron chi connectivity index (χ1n) is 4.23. The van der Waals surface area contributed by atoms with E-state index in [2.05, 4.69) is 15.0 Å². The number of esters is 1. The predicted molar refractivity (Wildman–Crippen MR) is 61.8 cm³/mol. The summed E-state index contributed by atoms with van der Waals surface area (Å²) >= 11 is 5.72. The minimum Gasteiger partial charge on any atom is -0.459 e. The van der Waals surface area contributed by atoms with Crippen molar-refractivity contribution in [2.45, 2.75) is 6.92 Å². The van der Waals surface area contributed by atoms with Gasteiger partial charge in [-0.05, 0) is 19.1 Å². The van der Waals surface area contributed by atoms with Crippen molar-refractivity contribution in [2.75, 3.05) is 11.9 Å². The third-order valence-corrected chi connectivity index (χ3v) is 1.76. The van der Waals surface area contributed by atoms with Crippen LogP contribution in [0.5, 0.6) is 0 Å². The number of ether oxygens (including phenoxy) is 1. The van der Waals surface area contributed by atoms with E-state index < -0.39 is 11.9 Å². The number of hydrogen-bond acceptors (Lipinski definition) is 4. The summed E-state index contributed by atoms with van der Waals surface area (Å²) in [6.07, 6.45) is 1.45. The van der Waals surface area contributed by atoms with Gasteiger partial charge < -0.3 is 4.74 Å². The van der Waals surface area contributed by atoms with Gasteiger partial charge in [-0.2, -0.15) is 0 Å². The Labute approximate surface area is 104 Å². The van der Waals surface area contributed by atoms with E-state index in [-0.39, 0.29) is 29.9 Å². The van der Waals surface area contributed by atoms with E-state index >= 15 is 0 Å². The molecule has 0 aliphatic carbocycles. The van der Waals surface area contributed by atoms with Crippen molar-refractivity contribution >= 4 is 41.7 Å². The van der Waals surface area contributed by atoms with Crippen LogP contribution in [0.3, 0.4) is 0 Å². The molecule has 0 bridgehead atoms. The second-order valence-corrected chi connectivity index (χ2v) is 2.92. The lowest BCUT2D eigenvalue weighted by molar-refractivity contribution is -0.152. The molecule has 0 radical (unpaired) electrons. The Balaban J connectivity index is 0.00000225. The molecule has 7 heteroatoms. The molecule has 0 aromatic carbocycles. The first-order chi connectivity index (χ1) is 7.15. The summed E-state index contributed by atoms with van der Waals surface area (Å²) in [7, 11) is 0. The SMILES string of the molecule is CCOC(=O)C(=O)Nc1ncccc1Cl.Cl. The van der Waals surface area contributed by atoms with Crippen molar-refractivity contribution in [1.82, 2.24) is 4.98 Å². The highest BCUT2D eigenvalue weighted by molar-refractivity contribution is 6.39. The van der Waals surface area contributed by atoms with E-state index in [1.54, 1.807) is 19.1 Å². The predicted octanol–water partition coefficient (Wildman–Crippen LogP) is 1.66. The molecule has 1 rings (SSSR count). The van der Waals surface area contributed by atoms with E-state index in [0.29, 0.717) is 0 Å². The van der Waals surface area contributed by atoms with Gasteiger partial charge in [0.2, 0.25) is 0 Å². The number of aromatic nitrogens is 1. The van der Waals surface area contributed by atoms with Crippen molar-refractivity contribution in [3.8, 4) is 0 Å². The molecule has 0 aliphatic heterocycles. The topological polar surface area (TPSA) is 68.3 Å². The average Bonchev–Trinajstić information content (AvgIpc) is 2.21. The van der Waals surface area contributed by atoms with Crippen LogP contribution in [-0.4, -0.2) is 23.5 Å². The first-order valence-corrected chi connectivity index (χ1v) is 4.61. The number of nitrogens with zero attached hydrogens (tertiary/aromatic N) is 1. The second kappa shape index (κ2) is 7.03. The molecule has 1 amide bonds. The molecular weight excluding hydrogens is 255 g/mol. The fraction of sp³-hybridized carbons (Fsp3) is 0.222. The van der Waals surface area contributed by atoms with Gasteiger partial charge in [-0.15, -0.1) is 12.4 Å². The Bertz CT molecular complexity index is 385. The lowest BCUT2D eigenvalue weighted by atomic mass is 10.4. The molecule has 0 aliphatic rings. The summed E-state index contributed by atoms with van der Waals surface area (Å²) < 4.78 is 4.49. The fourth-order valence-corrected chi connectivity index (χ4v) is 1.00. The van der Waals surface area contributed by atoms with Gasteiger partial charge >= 0.3 is 11.9 Å². The molecule has 1 aromatic rings. The second-order valence-electron chi connectivity index (χ2n) is 2.51. The average molecular weight is 265 g/mol. The molecule has 1 heterocycles. The lowest BCUT2D eigenvalue weighted by Crippen LogP contribution is -2.25. The van der Waals surface area contributed by atoms with Gasteiger partial charge in [0, 0.05) is 6.20 Å². The van der Waals surface area contributed by atoms with Gasteiger partial charge in [-0.1, -0.05) is 11.6 Å². The molecule has 88 valence electrons. The highest BCUT2D eigenvalue weighted by Crippen LogP contribution is 2.16. The van der Waals surface area contributed by atoms with Gasteiger partial charge in [0.15, 0.2) is 5.82 Å². The van der Waals surface area contributed by atoms with Crippen LogP contribution in [0.4, 0.5) is 5.82 Å². The Morgan fingerprint density at radius 2 is 2.25 bits per heavy atom. The summed E-state index contributed by atoms with van der Waals surface area (Å²) in [6, 6.07) is 3.16. The maximum atomic E-state index is 11.2. The fourth-order valence-electron chi connectivity index (χ4n) is 0.833. The Morgan fingerprint density at radius 1 is 1.56 bits per heavy atom. The van der Waals surface area contributed by atoms with Crippen molar-refractivity contribution in [3.63, 3.8) is 0 Å². The molecule has 0 saturated heterocycles. The van der Waals surface area contributed by atoms with Crippen LogP contribution >= 0.6 is 24.0 Å². The molecule has 5 nitrogen and oxygen atoms in total. The molecule has 0 saturated carbocycles. The zero-order chi connectivity index (χ0) is 11.3. The summed E-state index contributed by atoms with van der Waals surface area (Å²) in [4.78, 5) is 25.9. The molecular formula is C9H10Cl2N2O3. The van der Waals surface area contributed by atoms with Gasteiger partial charge in [0.05, 0.1) is 11.6 Å². The number of carbonyl (C=O) groups is 2. The quantitative estimate of drug-likeness (QED) is 0.652. The van der Waals surface area contributed by atoms with Crippen molar-refractivity contribution < 1.29 is 14.3 Å². The van der Waals surface area contributed by atoms with E-state index in [9.17, 15) is 9.59 Å². The smallest absolute Gasteiger partial charge is 0.397 e. The maximum absolute atomic E-state index is 11.2. The van der Waals surface area contributed by atoms with Crippen LogP contribution in [0.25, 0.3) is 0 Å². The number of pyridine rings is 1. The third-order valence-electron chi connectivity index (χ3n) is 1.45. The summed E-state index contributed by atoms with van der Waals surface area (Å²) in [6.45, 7) is 1.75. The number of anilines is 1. The maximum Gasteiger partial charge on any atom is 0.397 e. The van der Waals surface area contributed by atoms with Crippen molar-refractivity contribution in [1.29, 1.82) is 0 Å². The molecule has 16 heavy (non-hydrogen) atoms. The van der Waals surface area contributed by atoms with Gasteiger partial charge in [-0.3, -0.25) is 10.1 Å². The zero-order valence-corrected chi connectivity index (χ0v) is 9.97. The number of amides is 1. The van der Waals surface area contributed by atoms with Gasteiger partial charge in [-0.25, -0.2) is 9.78 Å². The standard InChI is InChI=1S/C9H9ClN2O3.ClH/c1-2-15-9(14)8(13)12-7-6(10)4-3-5-11-7;/h3-5H,2H2,1H3,(H,11,12,13);1H. The summed E-state index contributed by atoms with van der Waals surface area (Å²) in [5.74, 6) is -1.71. The Kier molecular flexibility index (Phi) is 6.44. The molecule has 0 spiro atoms. The highest BCUT2D eigenvalue weighted by atomic mass is 35.5. The number of nitrogens with one attached hydrogen (secondary N) is 1. The van der Waals surface area contributed by atoms with Crippen LogP contribution in [0.15, 0.2) is 18.3 Å². The van der Waals surface area contributed by atoms with Gasteiger partial charge in [0.1, 0.15) is 0 Å². The number of halogens is 2. The number of carbonyl (C=O) groups excluding carboxylic acids is 2. The van der Waals surface area contributed by atoms with E-state index in [4.69, 9.17) is 11.6 Å². The molecule has 1 aromatic heterocycles. The first kappa shape index (κ1) is 14.7. The summed E-state index contributed by atoms with van der Waals surface area (Å²) in [5, 5.41) is 2.50. The Hall–Kier alpha value is -1.33.